The van der Waals surface area contributed by atoms with Gasteiger partial charge in [-0.1, -0.05) is 34.1 Å². The highest BCUT2D eigenvalue weighted by molar-refractivity contribution is 9.09. The highest BCUT2D eigenvalue weighted by atomic mass is 79.9. The maximum absolute atomic E-state index is 12.5. The van der Waals surface area contributed by atoms with Gasteiger partial charge in [0.15, 0.2) is 0 Å². The number of thiophene rings is 1. The van der Waals surface area contributed by atoms with Crippen molar-refractivity contribution in [3.05, 3.63) is 57.0 Å². The number of hydrogen-bond donors (Lipinski definition) is 2. The van der Waals surface area contributed by atoms with E-state index in [1.807, 2.05) is 30.3 Å². The Hall–Kier alpha value is -1.99. The molecular weight excluding hydrogens is 378 g/mol. The Balaban J connectivity index is 2.01. The first-order valence-electron chi connectivity index (χ1n) is 7.05. The van der Waals surface area contributed by atoms with Gasteiger partial charge in [-0.15, -0.1) is 11.3 Å². The van der Waals surface area contributed by atoms with Gasteiger partial charge in [-0.3, -0.25) is 9.59 Å². The van der Waals surface area contributed by atoms with Crippen LogP contribution in [0.5, 0.6) is 0 Å². The van der Waals surface area contributed by atoms with Crippen LogP contribution in [0.4, 0.5) is 5.69 Å². The van der Waals surface area contributed by atoms with Gasteiger partial charge < -0.3 is 10.3 Å². The molecule has 3 rings (SSSR count). The van der Waals surface area contributed by atoms with Crippen LogP contribution in [0.3, 0.4) is 0 Å². The van der Waals surface area contributed by atoms with Gasteiger partial charge in [-0.2, -0.15) is 0 Å². The lowest BCUT2D eigenvalue weighted by Gasteiger charge is -2.03. The molecule has 0 aliphatic carbocycles. The number of para-hydroxylation sites is 1. The third-order valence-corrected chi connectivity index (χ3v) is 5.00. The number of aromatic nitrogens is 2. The van der Waals surface area contributed by atoms with E-state index in [4.69, 9.17) is 0 Å². The van der Waals surface area contributed by atoms with E-state index in [0.29, 0.717) is 38.2 Å². The van der Waals surface area contributed by atoms with Crippen molar-refractivity contribution in [3.63, 3.8) is 0 Å². The molecule has 118 valence electrons. The highest BCUT2D eigenvalue weighted by Crippen LogP contribution is 2.27. The van der Waals surface area contributed by atoms with Crippen LogP contribution >= 0.6 is 27.3 Å². The number of hydrogen-bond acceptors (Lipinski definition) is 4. The van der Waals surface area contributed by atoms with Crippen molar-refractivity contribution < 1.29 is 4.79 Å². The number of amides is 1. The number of aryl methyl sites for hydroxylation is 2. The molecule has 1 aromatic carbocycles. The van der Waals surface area contributed by atoms with Gasteiger partial charge in [0.05, 0.1) is 10.3 Å². The molecule has 0 saturated heterocycles. The van der Waals surface area contributed by atoms with Crippen LogP contribution in [0.25, 0.3) is 10.2 Å². The van der Waals surface area contributed by atoms with Crippen LogP contribution in [-0.2, 0) is 6.42 Å². The van der Waals surface area contributed by atoms with Crippen molar-refractivity contribution in [2.75, 3.05) is 10.6 Å². The van der Waals surface area contributed by atoms with E-state index in [1.54, 1.807) is 6.92 Å². The Labute approximate surface area is 144 Å². The van der Waals surface area contributed by atoms with Gasteiger partial charge in [0.1, 0.15) is 10.7 Å². The zero-order chi connectivity index (χ0) is 16.4. The summed E-state index contributed by atoms with van der Waals surface area (Å²) in [5.74, 6) is 0.397. The summed E-state index contributed by atoms with van der Waals surface area (Å²) in [5, 5.41) is 4.05. The summed E-state index contributed by atoms with van der Waals surface area (Å²) in [6, 6.07) is 9.23. The van der Waals surface area contributed by atoms with Crippen LogP contribution in [-0.4, -0.2) is 21.2 Å². The molecule has 0 radical (unpaired) electrons. The van der Waals surface area contributed by atoms with E-state index in [-0.39, 0.29) is 11.5 Å². The average Bonchev–Trinajstić information content (AvgIpc) is 2.86. The number of carbonyl (C=O) groups excluding carboxylic acids is 1. The Bertz CT molecular complexity index is 918. The van der Waals surface area contributed by atoms with Gasteiger partial charge in [-0.25, -0.2) is 4.98 Å². The number of alkyl halides is 1. The number of nitrogens with zero attached hydrogens (tertiary/aromatic N) is 1. The first kappa shape index (κ1) is 15.9. The van der Waals surface area contributed by atoms with Crippen molar-refractivity contribution in [2.45, 2.75) is 13.3 Å². The van der Waals surface area contributed by atoms with Gasteiger partial charge in [0.2, 0.25) is 0 Å². The van der Waals surface area contributed by atoms with E-state index in [2.05, 4.69) is 31.2 Å². The molecule has 0 bridgehead atoms. The smallest absolute Gasteiger partial charge is 0.266 e. The molecule has 2 N–H and O–H groups in total. The fourth-order valence-corrected chi connectivity index (χ4v) is 3.79. The fraction of sp³-hybridized carbons (Fsp3) is 0.188. The van der Waals surface area contributed by atoms with E-state index in [0.717, 1.165) is 5.69 Å². The van der Waals surface area contributed by atoms with Crippen LogP contribution in [0.2, 0.25) is 0 Å². The predicted molar refractivity (Wildman–Crippen MR) is 96.9 cm³/mol. The number of fused-ring (bicyclic) bond motifs is 1. The molecule has 23 heavy (non-hydrogen) atoms. The van der Waals surface area contributed by atoms with Gasteiger partial charge >= 0.3 is 0 Å². The van der Waals surface area contributed by atoms with Gasteiger partial charge in [0.25, 0.3) is 11.5 Å². The van der Waals surface area contributed by atoms with E-state index in [9.17, 15) is 9.59 Å². The summed E-state index contributed by atoms with van der Waals surface area (Å²) >= 11 is 4.58. The maximum atomic E-state index is 12.5. The van der Waals surface area contributed by atoms with Crippen molar-refractivity contribution in [3.8, 4) is 0 Å². The Morgan fingerprint density at radius 1 is 1.35 bits per heavy atom. The lowest BCUT2D eigenvalue weighted by atomic mass is 10.2. The summed E-state index contributed by atoms with van der Waals surface area (Å²) in [7, 11) is 0. The number of halogens is 1. The summed E-state index contributed by atoms with van der Waals surface area (Å²) < 4.78 is 0. The zero-order valence-electron chi connectivity index (χ0n) is 12.4. The Morgan fingerprint density at radius 2 is 2.09 bits per heavy atom. The molecule has 0 spiro atoms. The molecule has 0 aliphatic rings. The molecule has 3 aromatic rings. The predicted octanol–water partition coefficient (Wildman–Crippen LogP) is 3.48. The number of anilines is 1. The monoisotopic (exact) mass is 391 g/mol. The Morgan fingerprint density at radius 3 is 2.78 bits per heavy atom. The number of aromatic amines is 1. The summed E-state index contributed by atoms with van der Waals surface area (Å²) in [4.78, 5) is 33.1. The molecular formula is C16H14BrN3O2S. The third kappa shape index (κ3) is 3.20. The molecule has 2 heterocycles. The summed E-state index contributed by atoms with van der Waals surface area (Å²) in [5.41, 5.74) is 1.19. The maximum Gasteiger partial charge on any atom is 0.266 e. The SMILES string of the molecule is Cc1c(C(=O)Nc2ccccc2)sc2nc(CCBr)[nH]c(=O)c12. The van der Waals surface area contributed by atoms with Gasteiger partial charge in [-0.05, 0) is 24.6 Å². The van der Waals surface area contributed by atoms with Crippen molar-refractivity contribution >= 4 is 49.1 Å². The van der Waals surface area contributed by atoms with E-state index in [1.165, 1.54) is 11.3 Å². The largest absolute Gasteiger partial charge is 0.321 e. The lowest BCUT2D eigenvalue weighted by Crippen LogP contribution is -2.13. The van der Waals surface area contributed by atoms with Crippen molar-refractivity contribution in [1.29, 1.82) is 0 Å². The molecule has 1 amide bonds. The second-order valence-corrected chi connectivity index (χ2v) is 6.80. The van der Waals surface area contributed by atoms with Crippen LogP contribution in [0.1, 0.15) is 21.1 Å². The average molecular weight is 392 g/mol. The molecule has 0 saturated carbocycles. The number of nitrogens with one attached hydrogen (secondary N) is 2. The fourth-order valence-electron chi connectivity index (χ4n) is 2.32. The van der Waals surface area contributed by atoms with Crippen molar-refractivity contribution in [2.24, 2.45) is 0 Å². The number of benzene rings is 1. The zero-order valence-corrected chi connectivity index (χ0v) is 14.8. The van der Waals surface area contributed by atoms with Crippen LogP contribution in [0, 0.1) is 6.92 Å². The number of rotatable bonds is 4. The lowest BCUT2D eigenvalue weighted by molar-refractivity contribution is 0.103. The topological polar surface area (TPSA) is 74.8 Å². The van der Waals surface area contributed by atoms with Crippen LogP contribution < -0.4 is 10.9 Å². The first-order chi connectivity index (χ1) is 11.1. The van der Waals surface area contributed by atoms with E-state index < -0.39 is 0 Å². The quantitative estimate of drug-likeness (QED) is 0.668. The molecule has 0 fully saturated rings. The minimum Gasteiger partial charge on any atom is -0.321 e. The minimum absolute atomic E-state index is 0.196. The second kappa shape index (κ2) is 6.64. The molecule has 2 aromatic heterocycles. The third-order valence-electron chi connectivity index (χ3n) is 3.42. The van der Waals surface area contributed by atoms with Gasteiger partial charge in [0, 0.05) is 17.4 Å². The Kier molecular flexibility index (Phi) is 4.58. The first-order valence-corrected chi connectivity index (χ1v) is 8.98. The number of carbonyl (C=O) groups is 1. The standard InChI is InChI=1S/C16H14BrN3O2S/c1-9-12-14(21)19-11(7-8-17)20-16(12)23-13(9)15(22)18-10-5-3-2-4-6-10/h2-6H,7-8H2,1H3,(H,18,22)(H,19,20,21). The molecule has 5 nitrogen and oxygen atoms in total. The minimum atomic E-state index is -0.224. The molecule has 7 heteroatoms. The van der Waals surface area contributed by atoms with Crippen LogP contribution in [0.15, 0.2) is 35.1 Å². The summed E-state index contributed by atoms with van der Waals surface area (Å²) in [6.45, 7) is 1.78. The second-order valence-electron chi connectivity index (χ2n) is 5.01. The molecule has 0 atom stereocenters. The van der Waals surface area contributed by atoms with Crippen molar-refractivity contribution in [1.82, 2.24) is 9.97 Å². The molecule has 0 unspecified atom stereocenters. The highest BCUT2D eigenvalue weighted by Gasteiger charge is 2.19. The number of H-pyrrole nitrogens is 1. The molecule has 0 aliphatic heterocycles. The normalized spacial score (nSPS) is 10.9. The van der Waals surface area contributed by atoms with E-state index >= 15 is 0 Å². The summed E-state index contributed by atoms with van der Waals surface area (Å²) in [6.07, 6.45) is 0.633.